The highest BCUT2D eigenvalue weighted by Gasteiger charge is 2.51. The summed E-state index contributed by atoms with van der Waals surface area (Å²) in [4.78, 5) is 58.1. The first-order valence-electron chi connectivity index (χ1n) is 11.7. The lowest BCUT2D eigenvalue weighted by atomic mass is 9.70. The Morgan fingerprint density at radius 3 is 2.11 bits per heavy atom. The van der Waals surface area contributed by atoms with Gasteiger partial charge < -0.3 is 24.3 Å². The number of pyridine rings is 1. The molecule has 2 unspecified atom stereocenters. The molecule has 2 aliphatic rings. The fraction of sp³-hybridized carbons (Fsp3) is 0.250. The average Bonchev–Trinajstić information content (AvgIpc) is 3.34. The van der Waals surface area contributed by atoms with Gasteiger partial charge in [0.05, 0.1) is 56.8 Å². The Balaban J connectivity index is 2.01. The number of nitrogens with zero attached hydrogens (tertiary/aromatic N) is 1. The van der Waals surface area contributed by atoms with Crippen LogP contribution in [0.5, 0.6) is 0 Å². The third-order valence-corrected chi connectivity index (χ3v) is 6.98. The number of benzene rings is 2. The molecule has 1 aliphatic heterocycles. The van der Waals surface area contributed by atoms with Crippen molar-refractivity contribution < 1.29 is 38.1 Å². The molecule has 0 fully saturated rings. The minimum atomic E-state index is -1.71. The van der Waals surface area contributed by atoms with E-state index in [0.717, 1.165) is 25.5 Å². The molecule has 1 aliphatic carbocycles. The van der Waals surface area contributed by atoms with E-state index < -0.39 is 41.8 Å². The average molecular weight is 517 g/mol. The van der Waals surface area contributed by atoms with E-state index in [1.165, 1.54) is 14.2 Å². The number of methoxy groups -OCH3 is 4. The normalized spacial score (nSPS) is 17.2. The van der Waals surface area contributed by atoms with Crippen molar-refractivity contribution in [3.63, 3.8) is 0 Å². The summed E-state index contributed by atoms with van der Waals surface area (Å²) in [5.74, 6) is -5.86. The molecule has 38 heavy (non-hydrogen) atoms. The summed E-state index contributed by atoms with van der Waals surface area (Å²) in [5, 5.41) is 3.83. The van der Waals surface area contributed by atoms with Gasteiger partial charge in [0.25, 0.3) is 0 Å². The fourth-order valence-electron chi connectivity index (χ4n) is 5.44. The van der Waals surface area contributed by atoms with Crippen LogP contribution in [0.3, 0.4) is 0 Å². The number of anilines is 1. The lowest BCUT2D eigenvalue weighted by Gasteiger charge is -2.34. The van der Waals surface area contributed by atoms with Gasteiger partial charge in [0.2, 0.25) is 0 Å². The van der Waals surface area contributed by atoms with Crippen LogP contribution in [0, 0.1) is 5.92 Å². The molecular weight excluding hydrogens is 492 g/mol. The Kier molecular flexibility index (Phi) is 6.31. The van der Waals surface area contributed by atoms with Gasteiger partial charge in [-0.25, -0.2) is 14.6 Å². The summed E-state index contributed by atoms with van der Waals surface area (Å²) in [5.41, 5.74) is 2.47. The van der Waals surface area contributed by atoms with Crippen LogP contribution in [0.25, 0.3) is 16.5 Å². The highest BCUT2D eigenvalue weighted by Crippen LogP contribution is 2.56. The van der Waals surface area contributed by atoms with Crippen LogP contribution in [-0.4, -0.2) is 57.3 Å². The zero-order valence-electron chi connectivity index (χ0n) is 21.1. The van der Waals surface area contributed by atoms with Crippen LogP contribution in [0.2, 0.25) is 0 Å². The summed E-state index contributed by atoms with van der Waals surface area (Å²) >= 11 is 0. The predicted octanol–water partition coefficient (Wildman–Crippen LogP) is 3.17. The van der Waals surface area contributed by atoms with Crippen molar-refractivity contribution in [2.45, 2.75) is 12.0 Å². The number of para-hydroxylation sites is 2. The Bertz CT molecular complexity index is 1530. The van der Waals surface area contributed by atoms with E-state index >= 15 is 0 Å². The summed E-state index contributed by atoms with van der Waals surface area (Å²) in [6, 6.07) is 13.7. The second-order valence-electron chi connectivity index (χ2n) is 8.74. The first kappa shape index (κ1) is 24.9. The van der Waals surface area contributed by atoms with Crippen molar-refractivity contribution in [3.8, 4) is 0 Å². The van der Waals surface area contributed by atoms with Crippen LogP contribution in [0.4, 0.5) is 5.69 Å². The summed E-state index contributed by atoms with van der Waals surface area (Å²) in [6.07, 6.45) is 0. The van der Waals surface area contributed by atoms with Gasteiger partial charge in [-0.3, -0.25) is 9.59 Å². The van der Waals surface area contributed by atoms with Gasteiger partial charge in [0.1, 0.15) is 0 Å². The molecule has 1 N–H and O–H groups in total. The molecule has 0 bridgehead atoms. The lowest BCUT2D eigenvalue weighted by molar-refractivity contribution is -0.155. The van der Waals surface area contributed by atoms with Crippen molar-refractivity contribution in [3.05, 3.63) is 76.5 Å². The molecule has 194 valence electrons. The Labute approximate surface area is 217 Å². The second-order valence-corrected chi connectivity index (χ2v) is 8.74. The zero-order chi connectivity index (χ0) is 27.1. The highest BCUT2D eigenvalue weighted by atomic mass is 16.5. The molecule has 2 aromatic carbocycles. The molecule has 0 saturated heterocycles. The van der Waals surface area contributed by atoms with E-state index in [9.17, 15) is 19.2 Å². The van der Waals surface area contributed by atoms with Crippen LogP contribution in [-0.2, 0) is 33.3 Å². The molecule has 10 heteroatoms. The summed E-state index contributed by atoms with van der Waals surface area (Å²) in [7, 11) is 4.67. The summed E-state index contributed by atoms with van der Waals surface area (Å²) in [6.45, 7) is 0. The van der Waals surface area contributed by atoms with Gasteiger partial charge in [-0.1, -0.05) is 36.4 Å². The van der Waals surface area contributed by atoms with Crippen molar-refractivity contribution >= 4 is 46.0 Å². The van der Waals surface area contributed by atoms with Crippen molar-refractivity contribution in [2.24, 2.45) is 5.92 Å². The van der Waals surface area contributed by atoms with E-state index in [0.29, 0.717) is 16.6 Å². The number of fused-ring (bicyclic) bond motifs is 6. The SMILES string of the molecule is COC(=O)C1=C(C(C(=O)OC)C(=O)OC)c2c(nc3ccccc3c2C(=O)OC)C2Nc3ccccc3C12. The van der Waals surface area contributed by atoms with Crippen molar-refractivity contribution in [1.82, 2.24) is 4.98 Å². The number of nitrogens with one attached hydrogen (secondary N) is 1. The third kappa shape index (κ3) is 3.60. The van der Waals surface area contributed by atoms with Gasteiger partial charge >= 0.3 is 23.9 Å². The number of hydrogen-bond donors (Lipinski definition) is 1. The largest absolute Gasteiger partial charge is 0.468 e. The van der Waals surface area contributed by atoms with E-state index in [1.807, 2.05) is 24.3 Å². The van der Waals surface area contributed by atoms with Crippen LogP contribution in [0.1, 0.15) is 39.1 Å². The molecule has 3 aromatic rings. The monoisotopic (exact) mass is 516 g/mol. The highest BCUT2D eigenvalue weighted by molar-refractivity contribution is 6.18. The Hall–Kier alpha value is -4.73. The molecule has 0 radical (unpaired) electrons. The summed E-state index contributed by atoms with van der Waals surface area (Å²) < 4.78 is 20.3. The molecule has 10 nitrogen and oxygen atoms in total. The molecule has 0 amide bonds. The first-order valence-corrected chi connectivity index (χ1v) is 11.7. The van der Waals surface area contributed by atoms with Gasteiger partial charge in [-0.05, 0) is 23.3 Å². The van der Waals surface area contributed by atoms with E-state index in [1.54, 1.807) is 24.3 Å². The van der Waals surface area contributed by atoms with Crippen LogP contribution >= 0.6 is 0 Å². The van der Waals surface area contributed by atoms with Crippen molar-refractivity contribution in [2.75, 3.05) is 33.8 Å². The second kappa shape index (κ2) is 9.62. The standard InChI is InChI=1S/C28H24N2O8/c1-35-25(31)18-14-10-6-8-12-16(14)30-24-20(18)19(22(27(33)37-3)28(34)38-4)21(26(32)36-2)17-13-9-5-7-11-15(13)29-23(17)24/h5-12,17,22-23,29H,1-4H3. The maximum absolute atomic E-state index is 13.5. The minimum Gasteiger partial charge on any atom is -0.468 e. The number of rotatable bonds is 5. The molecule has 2 atom stereocenters. The van der Waals surface area contributed by atoms with Gasteiger partial charge in [0.15, 0.2) is 5.92 Å². The lowest BCUT2D eigenvalue weighted by Crippen LogP contribution is -2.36. The molecular formula is C28H24N2O8. The fourth-order valence-corrected chi connectivity index (χ4v) is 5.44. The molecule has 0 spiro atoms. The Morgan fingerprint density at radius 2 is 1.45 bits per heavy atom. The number of carbonyl (C=O) groups is 4. The van der Waals surface area contributed by atoms with Crippen molar-refractivity contribution in [1.29, 1.82) is 0 Å². The number of esters is 4. The first-order chi connectivity index (χ1) is 18.4. The number of ether oxygens (including phenoxy) is 4. The minimum absolute atomic E-state index is 0.0190. The maximum Gasteiger partial charge on any atom is 0.339 e. The topological polar surface area (TPSA) is 130 Å². The molecule has 2 heterocycles. The maximum atomic E-state index is 13.5. The quantitative estimate of drug-likeness (QED) is 0.307. The van der Waals surface area contributed by atoms with Crippen LogP contribution in [0.15, 0.2) is 54.1 Å². The number of carbonyl (C=O) groups excluding carboxylic acids is 4. The Morgan fingerprint density at radius 1 is 0.816 bits per heavy atom. The van der Waals surface area contributed by atoms with E-state index in [-0.39, 0.29) is 22.3 Å². The van der Waals surface area contributed by atoms with Gasteiger partial charge in [0, 0.05) is 22.6 Å². The number of aromatic nitrogens is 1. The van der Waals surface area contributed by atoms with Gasteiger partial charge in [-0.15, -0.1) is 0 Å². The smallest absolute Gasteiger partial charge is 0.339 e. The van der Waals surface area contributed by atoms with Crippen LogP contribution < -0.4 is 5.32 Å². The molecule has 5 rings (SSSR count). The third-order valence-electron chi connectivity index (χ3n) is 6.98. The molecule has 0 saturated carbocycles. The van der Waals surface area contributed by atoms with E-state index in [2.05, 4.69) is 5.32 Å². The zero-order valence-corrected chi connectivity index (χ0v) is 21.1. The predicted molar refractivity (Wildman–Crippen MR) is 135 cm³/mol. The van der Waals surface area contributed by atoms with E-state index in [4.69, 9.17) is 23.9 Å². The van der Waals surface area contributed by atoms with Gasteiger partial charge in [-0.2, -0.15) is 0 Å². The molecule has 1 aromatic heterocycles. The number of hydrogen-bond acceptors (Lipinski definition) is 10.